The second-order valence-electron chi connectivity index (χ2n) is 11.9. The van der Waals surface area contributed by atoms with E-state index in [4.69, 9.17) is 4.74 Å². The van der Waals surface area contributed by atoms with Gasteiger partial charge in [-0.3, -0.25) is 9.59 Å². The van der Waals surface area contributed by atoms with Gasteiger partial charge in [-0.15, -0.1) is 0 Å². The third-order valence-electron chi connectivity index (χ3n) is 8.89. The summed E-state index contributed by atoms with van der Waals surface area (Å²) in [6, 6.07) is 31.5. The molecule has 1 aliphatic heterocycles. The molecule has 0 spiro atoms. The van der Waals surface area contributed by atoms with Crippen molar-refractivity contribution in [3.8, 4) is 22.6 Å². The van der Waals surface area contributed by atoms with Crippen molar-refractivity contribution < 1.29 is 27.5 Å². The lowest BCUT2D eigenvalue weighted by atomic mass is 9.73. The van der Waals surface area contributed by atoms with Gasteiger partial charge in [0.2, 0.25) is 5.91 Å². The van der Waals surface area contributed by atoms with Gasteiger partial charge in [0.05, 0.1) is 5.56 Å². The normalized spacial score (nSPS) is 16.8. The lowest BCUT2D eigenvalue weighted by molar-refractivity contribution is -0.141. The van der Waals surface area contributed by atoms with E-state index < -0.39 is 24.0 Å². The SMILES string of the molecule is O=C(N[C@@H]1CCN(CCCCC2(C(=O)NCC(F)(F)F)c3ccccc3-c3ccccc32)C1)c1ccccc1Oc1ccccc1. The van der Waals surface area contributed by atoms with E-state index >= 15 is 0 Å². The van der Waals surface area contributed by atoms with Crippen molar-refractivity contribution in [2.75, 3.05) is 26.2 Å². The molecule has 0 saturated carbocycles. The van der Waals surface area contributed by atoms with Crippen molar-refractivity contribution in [2.24, 2.45) is 0 Å². The molecule has 6 rings (SSSR count). The van der Waals surface area contributed by atoms with Gasteiger partial charge < -0.3 is 20.3 Å². The van der Waals surface area contributed by atoms with Crippen LogP contribution in [0.2, 0.25) is 0 Å². The van der Waals surface area contributed by atoms with Crippen molar-refractivity contribution >= 4 is 11.8 Å². The third kappa shape index (κ3) is 6.65. The number of benzene rings is 4. The minimum absolute atomic E-state index is 0.0228. The molecule has 9 heteroatoms. The lowest BCUT2D eigenvalue weighted by Crippen LogP contribution is -2.47. The lowest BCUT2D eigenvalue weighted by Gasteiger charge is -2.31. The molecule has 4 aromatic carbocycles. The fourth-order valence-electron chi connectivity index (χ4n) is 6.79. The molecule has 1 atom stereocenters. The molecule has 46 heavy (non-hydrogen) atoms. The molecule has 4 aromatic rings. The molecule has 1 heterocycles. The summed E-state index contributed by atoms with van der Waals surface area (Å²) in [5, 5.41) is 5.35. The van der Waals surface area contributed by atoms with Gasteiger partial charge in [0.15, 0.2) is 0 Å². The number of hydrogen-bond donors (Lipinski definition) is 2. The van der Waals surface area contributed by atoms with E-state index in [2.05, 4.69) is 15.5 Å². The van der Waals surface area contributed by atoms with E-state index in [9.17, 15) is 22.8 Å². The van der Waals surface area contributed by atoms with Crippen LogP contribution < -0.4 is 15.4 Å². The van der Waals surface area contributed by atoms with Gasteiger partial charge in [0.1, 0.15) is 23.5 Å². The first-order valence-corrected chi connectivity index (χ1v) is 15.6. The second-order valence-corrected chi connectivity index (χ2v) is 11.9. The van der Waals surface area contributed by atoms with Crippen molar-refractivity contribution in [1.82, 2.24) is 15.5 Å². The van der Waals surface area contributed by atoms with Crippen molar-refractivity contribution in [2.45, 2.75) is 43.3 Å². The highest BCUT2D eigenvalue weighted by Crippen LogP contribution is 2.51. The van der Waals surface area contributed by atoms with Gasteiger partial charge >= 0.3 is 6.18 Å². The number of para-hydroxylation sites is 2. The minimum atomic E-state index is -4.51. The molecule has 1 fully saturated rings. The molecule has 0 unspecified atom stereocenters. The van der Waals surface area contributed by atoms with E-state index in [0.29, 0.717) is 36.4 Å². The number of fused-ring (bicyclic) bond motifs is 3. The molecule has 1 saturated heterocycles. The van der Waals surface area contributed by atoms with Gasteiger partial charge in [-0.25, -0.2) is 0 Å². The summed E-state index contributed by atoms with van der Waals surface area (Å²) in [6.07, 6.45) is -1.92. The molecule has 1 aliphatic carbocycles. The quantitative estimate of drug-likeness (QED) is 0.174. The Morgan fingerprint density at radius 2 is 1.46 bits per heavy atom. The van der Waals surface area contributed by atoms with E-state index in [1.165, 1.54) is 0 Å². The van der Waals surface area contributed by atoms with E-state index in [-0.39, 0.29) is 11.9 Å². The number of carbonyl (C=O) groups excluding carboxylic acids is 2. The van der Waals surface area contributed by atoms with Crippen molar-refractivity contribution in [3.63, 3.8) is 0 Å². The Kier molecular flexibility index (Phi) is 9.12. The summed E-state index contributed by atoms with van der Waals surface area (Å²) in [6.45, 7) is 0.887. The summed E-state index contributed by atoms with van der Waals surface area (Å²) >= 11 is 0. The van der Waals surface area contributed by atoms with E-state index in [1.54, 1.807) is 12.1 Å². The largest absolute Gasteiger partial charge is 0.457 e. The van der Waals surface area contributed by atoms with E-state index in [0.717, 1.165) is 48.2 Å². The molecule has 6 nitrogen and oxygen atoms in total. The molecule has 2 aliphatic rings. The monoisotopic (exact) mass is 627 g/mol. The number of nitrogens with zero attached hydrogens (tertiary/aromatic N) is 1. The van der Waals surface area contributed by atoms with Gasteiger partial charge in [-0.2, -0.15) is 13.2 Å². The van der Waals surface area contributed by atoms with Crippen LogP contribution in [-0.4, -0.2) is 55.1 Å². The van der Waals surface area contributed by atoms with Crippen LogP contribution in [0.25, 0.3) is 11.1 Å². The Balaban J connectivity index is 1.08. The number of amides is 2. The zero-order valence-electron chi connectivity index (χ0n) is 25.4. The van der Waals surface area contributed by atoms with Gasteiger partial charge in [0, 0.05) is 19.1 Å². The highest BCUT2D eigenvalue weighted by molar-refractivity contribution is 6.00. The Labute approximate surface area is 266 Å². The average Bonchev–Trinajstić information content (AvgIpc) is 3.63. The van der Waals surface area contributed by atoms with Crippen molar-refractivity contribution in [3.05, 3.63) is 120 Å². The van der Waals surface area contributed by atoms with Crippen molar-refractivity contribution in [1.29, 1.82) is 0 Å². The predicted molar refractivity (Wildman–Crippen MR) is 171 cm³/mol. The number of halogens is 3. The highest BCUT2D eigenvalue weighted by atomic mass is 19.4. The Bertz CT molecular complexity index is 1650. The Hall–Kier alpha value is -4.63. The zero-order chi connectivity index (χ0) is 32.1. The van der Waals surface area contributed by atoms with E-state index in [1.807, 2.05) is 91.0 Å². The molecular weight excluding hydrogens is 591 g/mol. The Morgan fingerprint density at radius 3 is 2.15 bits per heavy atom. The maximum absolute atomic E-state index is 13.7. The molecule has 0 bridgehead atoms. The first-order chi connectivity index (χ1) is 22.2. The highest BCUT2D eigenvalue weighted by Gasteiger charge is 2.49. The minimum Gasteiger partial charge on any atom is -0.457 e. The molecule has 0 aromatic heterocycles. The van der Waals surface area contributed by atoms with Crippen LogP contribution in [0, 0.1) is 0 Å². The topological polar surface area (TPSA) is 70.7 Å². The van der Waals surface area contributed by atoms with Gasteiger partial charge in [-0.05, 0) is 72.3 Å². The number of carbonyl (C=O) groups is 2. The summed E-state index contributed by atoms with van der Waals surface area (Å²) in [4.78, 5) is 29.2. The second kappa shape index (κ2) is 13.4. The molecule has 238 valence electrons. The standard InChI is InChI=1S/C37H36F3N3O3/c38-37(39,40)25-41-35(45)36(31-17-7-4-14-28(31)29-15-5-8-18-32(29)36)21-10-11-22-43-23-20-26(24-43)42-34(44)30-16-6-9-19-33(30)46-27-12-2-1-3-13-27/h1-9,12-19,26H,10-11,20-25H2,(H,41,45)(H,42,44)/t26-/m1/s1. The summed E-state index contributed by atoms with van der Waals surface area (Å²) in [5.74, 6) is 0.328. The summed E-state index contributed by atoms with van der Waals surface area (Å²) < 4.78 is 45.5. The van der Waals surface area contributed by atoms with Gasteiger partial charge in [-0.1, -0.05) is 85.3 Å². The fourth-order valence-corrected chi connectivity index (χ4v) is 6.79. The van der Waals surface area contributed by atoms with Crippen LogP contribution in [0.15, 0.2) is 103 Å². The molecule has 2 N–H and O–H groups in total. The third-order valence-corrected chi connectivity index (χ3v) is 8.89. The van der Waals surface area contributed by atoms with Crippen LogP contribution >= 0.6 is 0 Å². The first-order valence-electron chi connectivity index (χ1n) is 15.6. The number of ether oxygens (including phenoxy) is 1. The van der Waals surface area contributed by atoms with Crippen LogP contribution in [0.1, 0.15) is 47.2 Å². The number of rotatable bonds is 11. The van der Waals surface area contributed by atoms with Crippen LogP contribution in [0.5, 0.6) is 11.5 Å². The summed E-state index contributed by atoms with van der Waals surface area (Å²) in [7, 11) is 0. The molecule has 2 amide bonds. The zero-order valence-corrected chi connectivity index (χ0v) is 25.4. The fraction of sp³-hybridized carbons (Fsp3) is 0.297. The van der Waals surface area contributed by atoms with Crippen LogP contribution in [0.4, 0.5) is 13.2 Å². The van der Waals surface area contributed by atoms with Crippen LogP contribution in [0.3, 0.4) is 0 Å². The molecular formula is C37H36F3N3O3. The average molecular weight is 628 g/mol. The maximum Gasteiger partial charge on any atom is 0.405 e. The maximum atomic E-state index is 13.7. The summed E-state index contributed by atoms with van der Waals surface area (Å²) in [5.41, 5.74) is 2.53. The number of nitrogens with one attached hydrogen (secondary N) is 2. The molecule has 0 radical (unpaired) electrons. The first kappa shape index (κ1) is 31.4. The number of unbranched alkanes of at least 4 members (excludes halogenated alkanes) is 1. The number of hydrogen-bond acceptors (Lipinski definition) is 4. The number of alkyl halides is 3. The van der Waals surface area contributed by atoms with Gasteiger partial charge in [0.25, 0.3) is 5.91 Å². The Morgan fingerprint density at radius 1 is 0.826 bits per heavy atom. The smallest absolute Gasteiger partial charge is 0.405 e. The number of likely N-dealkylation sites (tertiary alicyclic amines) is 1. The predicted octanol–water partition coefficient (Wildman–Crippen LogP) is 7.10. The van der Waals surface area contributed by atoms with Crippen LogP contribution in [-0.2, 0) is 10.2 Å².